The predicted molar refractivity (Wildman–Crippen MR) is 95.4 cm³/mol. The maximum Gasteiger partial charge on any atom is 0.234 e. The molecule has 1 aromatic carbocycles. The highest BCUT2D eigenvalue weighted by molar-refractivity contribution is 7.88. The van der Waals surface area contributed by atoms with E-state index in [1.807, 2.05) is 24.3 Å². The van der Waals surface area contributed by atoms with Gasteiger partial charge in [-0.25, -0.2) is 8.42 Å². The molecule has 1 unspecified atom stereocenters. The normalized spacial score (nSPS) is 19.4. The molecule has 2 heterocycles. The van der Waals surface area contributed by atoms with Gasteiger partial charge in [-0.15, -0.1) is 10.2 Å². The van der Waals surface area contributed by atoms with Crippen molar-refractivity contribution in [2.45, 2.75) is 57.2 Å². The Kier molecular flexibility index (Phi) is 4.97. The molecule has 7 heteroatoms. The number of hydrogen-bond acceptors (Lipinski definition) is 5. The van der Waals surface area contributed by atoms with Gasteiger partial charge in [0, 0.05) is 6.54 Å². The third-order valence-corrected chi connectivity index (χ3v) is 7.04. The molecule has 1 aromatic heterocycles. The fraction of sp³-hybridized carbons (Fsp3) is 0.556. The topological polar surface area (TPSA) is 76.3 Å². The lowest BCUT2D eigenvalue weighted by Gasteiger charge is -2.24. The molecule has 0 spiro atoms. The van der Waals surface area contributed by atoms with Crippen LogP contribution in [0.4, 0.5) is 0 Å². The van der Waals surface area contributed by atoms with Crippen molar-refractivity contribution in [1.29, 1.82) is 0 Å². The number of rotatable bonds is 6. The Hall–Kier alpha value is -1.73. The highest BCUT2D eigenvalue weighted by Gasteiger charge is 2.37. The minimum Gasteiger partial charge on any atom is -0.426 e. The number of nitrogens with zero attached hydrogens (tertiary/aromatic N) is 3. The molecule has 1 aliphatic rings. The SMILES string of the molecule is CCC(C)(C)c1ccc(CS(=O)(=O)N2CCCC2c2nnco2)cc1. The van der Waals surface area contributed by atoms with Gasteiger partial charge in [0.2, 0.25) is 22.3 Å². The minimum atomic E-state index is -3.44. The smallest absolute Gasteiger partial charge is 0.234 e. The van der Waals surface area contributed by atoms with Crippen LogP contribution in [0.2, 0.25) is 0 Å². The van der Waals surface area contributed by atoms with Crippen molar-refractivity contribution in [3.05, 3.63) is 47.7 Å². The van der Waals surface area contributed by atoms with Crippen LogP contribution >= 0.6 is 0 Å². The van der Waals surface area contributed by atoms with Crippen LogP contribution in [-0.4, -0.2) is 29.5 Å². The molecule has 0 bridgehead atoms. The van der Waals surface area contributed by atoms with Crippen LogP contribution in [0.3, 0.4) is 0 Å². The van der Waals surface area contributed by atoms with Gasteiger partial charge >= 0.3 is 0 Å². The van der Waals surface area contributed by atoms with E-state index in [9.17, 15) is 8.42 Å². The second-order valence-corrected chi connectivity index (χ2v) is 9.16. The summed E-state index contributed by atoms with van der Waals surface area (Å²) in [4.78, 5) is 0. The molecule has 1 aliphatic heterocycles. The molecule has 1 saturated heterocycles. The van der Waals surface area contributed by atoms with Gasteiger partial charge in [0.05, 0.1) is 5.75 Å². The van der Waals surface area contributed by atoms with Gasteiger partial charge in [-0.05, 0) is 35.8 Å². The first-order chi connectivity index (χ1) is 11.8. The Bertz CT molecular complexity index is 799. The van der Waals surface area contributed by atoms with Crippen LogP contribution in [0.15, 0.2) is 35.1 Å². The van der Waals surface area contributed by atoms with Crippen molar-refractivity contribution >= 4 is 10.0 Å². The van der Waals surface area contributed by atoms with Gasteiger partial charge in [0.15, 0.2) is 0 Å². The van der Waals surface area contributed by atoms with Crippen LogP contribution in [0.5, 0.6) is 0 Å². The number of sulfonamides is 1. The second kappa shape index (κ2) is 6.88. The summed E-state index contributed by atoms with van der Waals surface area (Å²) in [6.07, 6.45) is 3.79. The maximum atomic E-state index is 12.9. The molecule has 0 aliphatic carbocycles. The van der Waals surface area contributed by atoms with E-state index < -0.39 is 10.0 Å². The monoisotopic (exact) mass is 363 g/mol. The van der Waals surface area contributed by atoms with Crippen LogP contribution in [0.1, 0.15) is 63.1 Å². The first-order valence-electron chi connectivity index (χ1n) is 8.68. The summed E-state index contributed by atoms with van der Waals surface area (Å²) in [5, 5.41) is 7.56. The molecule has 136 valence electrons. The van der Waals surface area contributed by atoms with Crippen molar-refractivity contribution in [3.8, 4) is 0 Å². The fourth-order valence-electron chi connectivity index (χ4n) is 3.20. The van der Waals surface area contributed by atoms with E-state index in [1.165, 1.54) is 16.3 Å². The maximum absolute atomic E-state index is 12.9. The summed E-state index contributed by atoms with van der Waals surface area (Å²) in [5.74, 6) is 0.367. The first-order valence-corrected chi connectivity index (χ1v) is 10.3. The highest BCUT2D eigenvalue weighted by Crippen LogP contribution is 2.34. The van der Waals surface area contributed by atoms with Crippen molar-refractivity contribution < 1.29 is 12.8 Å². The summed E-state index contributed by atoms with van der Waals surface area (Å²) < 4.78 is 32.5. The molecule has 3 rings (SSSR count). The van der Waals surface area contributed by atoms with Gasteiger partial charge in [-0.2, -0.15) is 4.31 Å². The van der Waals surface area contributed by atoms with Crippen LogP contribution in [0.25, 0.3) is 0 Å². The van der Waals surface area contributed by atoms with Crippen molar-refractivity contribution in [1.82, 2.24) is 14.5 Å². The predicted octanol–water partition coefficient (Wildman–Crippen LogP) is 3.42. The summed E-state index contributed by atoms with van der Waals surface area (Å²) in [5.41, 5.74) is 2.11. The molecule has 0 radical (unpaired) electrons. The van der Waals surface area contributed by atoms with E-state index in [1.54, 1.807) is 0 Å². The Morgan fingerprint density at radius 1 is 1.28 bits per heavy atom. The van der Waals surface area contributed by atoms with E-state index in [0.717, 1.165) is 18.4 Å². The molecule has 2 aromatic rings. The van der Waals surface area contributed by atoms with Gasteiger partial charge in [-0.1, -0.05) is 45.0 Å². The third kappa shape index (κ3) is 3.77. The number of aromatic nitrogens is 2. The third-order valence-electron chi connectivity index (χ3n) is 5.19. The molecule has 1 atom stereocenters. The lowest BCUT2D eigenvalue weighted by molar-refractivity contribution is 0.329. The highest BCUT2D eigenvalue weighted by atomic mass is 32.2. The standard InChI is InChI=1S/C18H25N3O3S/c1-4-18(2,3)15-9-7-14(8-10-15)12-25(22,23)21-11-5-6-16(21)17-20-19-13-24-17/h7-10,13,16H,4-6,11-12H2,1-3H3. The van der Waals surface area contributed by atoms with Gasteiger partial charge in [0.25, 0.3) is 0 Å². The second-order valence-electron chi connectivity index (χ2n) is 7.24. The fourth-order valence-corrected chi connectivity index (χ4v) is 4.97. The minimum absolute atomic E-state index is 0.00945. The lowest BCUT2D eigenvalue weighted by atomic mass is 9.82. The molecule has 25 heavy (non-hydrogen) atoms. The largest absolute Gasteiger partial charge is 0.426 e. The summed E-state index contributed by atoms with van der Waals surface area (Å²) in [6, 6.07) is 7.57. The van der Waals surface area contributed by atoms with Crippen LogP contribution < -0.4 is 0 Å². The number of hydrogen-bond donors (Lipinski definition) is 0. The zero-order valence-corrected chi connectivity index (χ0v) is 15.8. The van der Waals surface area contributed by atoms with Crippen LogP contribution in [-0.2, 0) is 21.2 Å². The van der Waals surface area contributed by atoms with Crippen LogP contribution in [0, 0.1) is 0 Å². The Morgan fingerprint density at radius 2 is 2.00 bits per heavy atom. The lowest BCUT2D eigenvalue weighted by Crippen LogP contribution is -2.32. The molecule has 6 nitrogen and oxygen atoms in total. The Morgan fingerprint density at radius 3 is 2.60 bits per heavy atom. The zero-order valence-electron chi connectivity index (χ0n) is 15.0. The molecule has 0 saturated carbocycles. The Balaban J connectivity index is 1.77. The number of benzene rings is 1. The molecule has 1 fully saturated rings. The van der Waals surface area contributed by atoms with E-state index in [4.69, 9.17) is 4.42 Å². The molecular weight excluding hydrogens is 338 g/mol. The average Bonchev–Trinajstić information content (AvgIpc) is 3.26. The Labute approximate surface area is 149 Å². The van der Waals surface area contributed by atoms with E-state index >= 15 is 0 Å². The van der Waals surface area contributed by atoms with Gasteiger partial charge in [0.1, 0.15) is 6.04 Å². The van der Waals surface area contributed by atoms with Gasteiger partial charge < -0.3 is 4.42 Å². The first kappa shape index (κ1) is 18.1. The molecular formula is C18H25N3O3S. The summed E-state index contributed by atoms with van der Waals surface area (Å²) >= 11 is 0. The van der Waals surface area contributed by atoms with E-state index in [2.05, 4.69) is 31.0 Å². The molecule has 0 amide bonds. The van der Waals surface area contributed by atoms with Crippen molar-refractivity contribution in [2.75, 3.05) is 6.54 Å². The quantitative estimate of drug-likeness (QED) is 0.786. The summed E-state index contributed by atoms with van der Waals surface area (Å²) in [7, 11) is -3.44. The van der Waals surface area contributed by atoms with Crippen molar-refractivity contribution in [3.63, 3.8) is 0 Å². The zero-order chi connectivity index (χ0) is 18.1. The van der Waals surface area contributed by atoms with E-state index in [-0.39, 0.29) is 17.2 Å². The van der Waals surface area contributed by atoms with E-state index in [0.29, 0.717) is 18.9 Å². The molecule has 0 N–H and O–H groups in total. The average molecular weight is 363 g/mol. The van der Waals surface area contributed by atoms with Gasteiger partial charge in [-0.3, -0.25) is 0 Å². The van der Waals surface area contributed by atoms with Crippen molar-refractivity contribution in [2.24, 2.45) is 0 Å². The summed E-state index contributed by atoms with van der Waals surface area (Å²) in [6.45, 7) is 7.04.